The van der Waals surface area contributed by atoms with Crippen molar-refractivity contribution in [1.82, 2.24) is 0 Å². The molecule has 0 N–H and O–H groups in total. The van der Waals surface area contributed by atoms with Crippen molar-refractivity contribution in [3.63, 3.8) is 0 Å². The van der Waals surface area contributed by atoms with Gasteiger partial charge in [0.15, 0.2) is 10.6 Å². The summed E-state index contributed by atoms with van der Waals surface area (Å²) in [5.41, 5.74) is 0.953. The predicted molar refractivity (Wildman–Crippen MR) is 50.6 cm³/mol. The highest BCUT2D eigenvalue weighted by molar-refractivity contribution is 6.55. The summed E-state index contributed by atoms with van der Waals surface area (Å²) in [6, 6.07) is 9.41. The standard InChI is InChI=1S/C9H8Cl2O/c10-9(11,7-12)6-8-4-2-1-3-5-8/h1-5,7H,6H2. The molecule has 0 radical (unpaired) electrons. The molecule has 0 aliphatic carbocycles. The monoisotopic (exact) mass is 202 g/mol. The fraction of sp³-hybridized carbons (Fsp3) is 0.222. The summed E-state index contributed by atoms with van der Waals surface area (Å²) in [4.78, 5) is 10.4. The lowest BCUT2D eigenvalue weighted by Gasteiger charge is -2.10. The van der Waals surface area contributed by atoms with Crippen LogP contribution in [0.2, 0.25) is 0 Å². The smallest absolute Gasteiger partial charge is 0.176 e. The van der Waals surface area contributed by atoms with E-state index >= 15 is 0 Å². The number of halogens is 2. The van der Waals surface area contributed by atoms with Crippen molar-refractivity contribution in [2.75, 3.05) is 0 Å². The second-order valence-corrected chi connectivity index (χ2v) is 4.08. The Morgan fingerprint density at radius 3 is 2.33 bits per heavy atom. The van der Waals surface area contributed by atoms with Gasteiger partial charge in [-0.15, -0.1) is 0 Å². The van der Waals surface area contributed by atoms with Crippen molar-refractivity contribution < 1.29 is 4.79 Å². The van der Waals surface area contributed by atoms with E-state index in [2.05, 4.69) is 0 Å². The largest absolute Gasteiger partial charge is 0.300 e. The molecule has 1 aromatic rings. The first-order chi connectivity index (χ1) is 5.64. The molecular formula is C9H8Cl2O. The zero-order chi connectivity index (χ0) is 9.03. The molecule has 0 heterocycles. The number of rotatable bonds is 3. The SMILES string of the molecule is O=CC(Cl)(Cl)Cc1ccccc1. The van der Waals surface area contributed by atoms with Gasteiger partial charge in [-0.05, 0) is 5.56 Å². The Hall–Kier alpha value is -0.530. The van der Waals surface area contributed by atoms with Gasteiger partial charge < -0.3 is 0 Å². The molecule has 1 aromatic carbocycles. The van der Waals surface area contributed by atoms with E-state index in [9.17, 15) is 4.79 Å². The van der Waals surface area contributed by atoms with E-state index in [0.29, 0.717) is 12.7 Å². The van der Waals surface area contributed by atoms with Crippen molar-refractivity contribution in [2.45, 2.75) is 10.8 Å². The van der Waals surface area contributed by atoms with Crippen LogP contribution in [0.25, 0.3) is 0 Å². The van der Waals surface area contributed by atoms with Crippen molar-refractivity contribution in [2.24, 2.45) is 0 Å². The highest BCUT2D eigenvalue weighted by Gasteiger charge is 2.22. The topological polar surface area (TPSA) is 17.1 Å². The van der Waals surface area contributed by atoms with Gasteiger partial charge in [-0.25, -0.2) is 0 Å². The summed E-state index contributed by atoms with van der Waals surface area (Å²) < 4.78 is -1.29. The zero-order valence-electron chi connectivity index (χ0n) is 6.34. The minimum atomic E-state index is -1.29. The van der Waals surface area contributed by atoms with E-state index in [1.807, 2.05) is 30.3 Å². The summed E-state index contributed by atoms with van der Waals surface area (Å²) in [5, 5.41) is 0. The zero-order valence-corrected chi connectivity index (χ0v) is 7.85. The number of benzene rings is 1. The maximum Gasteiger partial charge on any atom is 0.176 e. The molecule has 0 unspecified atom stereocenters. The van der Waals surface area contributed by atoms with E-state index in [1.54, 1.807) is 0 Å². The van der Waals surface area contributed by atoms with Crippen LogP contribution in [-0.4, -0.2) is 10.6 Å². The first-order valence-electron chi connectivity index (χ1n) is 3.52. The van der Waals surface area contributed by atoms with Gasteiger partial charge in [-0.3, -0.25) is 4.79 Å². The second kappa shape index (κ2) is 3.92. The lowest BCUT2D eigenvalue weighted by atomic mass is 10.1. The van der Waals surface area contributed by atoms with Gasteiger partial charge in [0.25, 0.3) is 0 Å². The summed E-state index contributed by atoms with van der Waals surface area (Å²) in [5.74, 6) is 0. The Bertz CT molecular complexity index is 256. The molecule has 3 heteroatoms. The molecule has 0 spiro atoms. The molecule has 0 atom stereocenters. The van der Waals surface area contributed by atoms with Crippen molar-refractivity contribution >= 4 is 29.5 Å². The maximum atomic E-state index is 10.4. The van der Waals surface area contributed by atoms with Gasteiger partial charge in [-0.2, -0.15) is 0 Å². The molecule has 0 amide bonds. The van der Waals surface area contributed by atoms with Crippen molar-refractivity contribution in [3.05, 3.63) is 35.9 Å². The second-order valence-electron chi connectivity index (χ2n) is 2.54. The van der Waals surface area contributed by atoms with E-state index < -0.39 is 4.33 Å². The lowest BCUT2D eigenvalue weighted by Crippen LogP contribution is -2.17. The number of carbonyl (C=O) groups is 1. The summed E-state index contributed by atoms with van der Waals surface area (Å²) in [6.45, 7) is 0. The number of alkyl halides is 2. The van der Waals surface area contributed by atoms with E-state index in [0.717, 1.165) is 5.56 Å². The molecule has 12 heavy (non-hydrogen) atoms. The number of carbonyl (C=O) groups excluding carboxylic acids is 1. The number of aldehydes is 1. The van der Waals surface area contributed by atoms with E-state index in [-0.39, 0.29) is 0 Å². The Morgan fingerprint density at radius 2 is 1.83 bits per heavy atom. The van der Waals surface area contributed by atoms with Crippen LogP contribution >= 0.6 is 23.2 Å². The van der Waals surface area contributed by atoms with Crippen LogP contribution in [0.15, 0.2) is 30.3 Å². The molecule has 1 rings (SSSR count). The van der Waals surface area contributed by atoms with Crippen molar-refractivity contribution in [1.29, 1.82) is 0 Å². The molecule has 64 valence electrons. The highest BCUT2D eigenvalue weighted by Crippen LogP contribution is 2.23. The van der Waals surface area contributed by atoms with E-state index in [4.69, 9.17) is 23.2 Å². The van der Waals surface area contributed by atoms with Gasteiger partial charge in [0, 0.05) is 6.42 Å². The van der Waals surface area contributed by atoms with Gasteiger partial charge in [0.1, 0.15) is 0 Å². The molecule has 0 aliphatic heterocycles. The maximum absolute atomic E-state index is 10.4. The van der Waals surface area contributed by atoms with Gasteiger partial charge >= 0.3 is 0 Å². The Morgan fingerprint density at radius 1 is 1.25 bits per heavy atom. The van der Waals surface area contributed by atoms with Crippen LogP contribution in [-0.2, 0) is 11.2 Å². The average molecular weight is 203 g/mol. The predicted octanol–water partition coefficient (Wildman–Crippen LogP) is 2.60. The first kappa shape index (κ1) is 9.56. The summed E-state index contributed by atoms with van der Waals surface area (Å²) in [6.07, 6.45) is 0.892. The molecule has 1 nitrogen and oxygen atoms in total. The van der Waals surface area contributed by atoms with Crippen LogP contribution < -0.4 is 0 Å². The van der Waals surface area contributed by atoms with E-state index in [1.165, 1.54) is 0 Å². The fourth-order valence-corrected chi connectivity index (χ4v) is 1.22. The average Bonchev–Trinajstić information content (AvgIpc) is 2.06. The quantitative estimate of drug-likeness (QED) is 0.545. The number of hydrogen-bond acceptors (Lipinski definition) is 1. The third-order valence-corrected chi connectivity index (χ3v) is 1.90. The van der Waals surface area contributed by atoms with Crippen LogP contribution in [0.5, 0.6) is 0 Å². The molecule has 0 saturated heterocycles. The summed E-state index contributed by atoms with van der Waals surface area (Å²) in [7, 11) is 0. The van der Waals surface area contributed by atoms with Crippen LogP contribution in [0.4, 0.5) is 0 Å². The van der Waals surface area contributed by atoms with Gasteiger partial charge in [0.2, 0.25) is 0 Å². The van der Waals surface area contributed by atoms with Crippen LogP contribution in [0, 0.1) is 0 Å². The lowest BCUT2D eigenvalue weighted by molar-refractivity contribution is -0.108. The first-order valence-corrected chi connectivity index (χ1v) is 4.28. The normalized spacial score (nSPS) is 11.2. The number of hydrogen-bond donors (Lipinski definition) is 0. The van der Waals surface area contributed by atoms with Gasteiger partial charge in [-0.1, -0.05) is 53.5 Å². The molecule has 0 fully saturated rings. The molecular weight excluding hydrogens is 195 g/mol. The third kappa shape index (κ3) is 2.84. The molecule has 0 saturated carbocycles. The highest BCUT2D eigenvalue weighted by atomic mass is 35.5. The molecule has 0 aliphatic rings. The summed E-state index contributed by atoms with van der Waals surface area (Å²) >= 11 is 11.3. The van der Waals surface area contributed by atoms with Crippen LogP contribution in [0.3, 0.4) is 0 Å². The van der Waals surface area contributed by atoms with Crippen molar-refractivity contribution in [3.8, 4) is 0 Å². The molecule has 0 aromatic heterocycles. The molecule has 0 bridgehead atoms. The third-order valence-electron chi connectivity index (χ3n) is 1.46. The minimum Gasteiger partial charge on any atom is -0.300 e. The Kier molecular flexibility index (Phi) is 3.12. The Labute approximate surface area is 81.3 Å². The fourth-order valence-electron chi connectivity index (χ4n) is 0.910. The van der Waals surface area contributed by atoms with Crippen LogP contribution in [0.1, 0.15) is 5.56 Å². The minimum absolute atomic E-state index is 0.348. The Balaban J connectivity index is 2.70. The van der Waals surface area contributed by atoms with Gasteiger partial charge in [0.05, 0.1) is 0 Å².